The first-order chi connectivity index (χ1) is 28.0. The molecule has 1 amide bonds. The predicted octanol–water partition coefficient (Wildman–Crippen LogP) is 13.6. The van der Waals surface area contributed by atoms with Gasteiger partial charge in [0.1, 0.15) is 6.10 Å². The van der Waals surface area contributed by atoms with Crippen LogP contribution in [0, 0.1) is 0 Å². The van der Waals surface area contributed by atoms with Crippen LogP contribution in [-0.4, -0.2) is 46.9 Å². The molecule has 6 nitrogen and oxygen atoms in total. The van der Waals surface area contributed by atoms with Crippen LogP contribution in [0.2, 0.25) is 0 Å². The van der Waals surface area contributed by atoms with E-state index in [1.807, 2.05) is 30.4 Å². The number of rotatable bonds is 40. The second-order valence-corrected chi connectivity index (χ2v) is 15.5. The van der Waals surface area contributed by atoms with Crippen LogP contribution in [-0.2, 0) is 14.3 Å². The Hall–Kier alpha value is -2.96. The maximum atomic E-state index is 13.1. The third-order valence-electron chi connectivity index (χ3n) is 10.1. The number of allylic oxidation sites excluding steroid dienone is 14. The van der Waals surface area contributed by atoms with E-state index in [0.29, 0.717) is 19.3 Å². The van der Waals surface area contributed by atoms with Crippen LogP contribution >= 0.6 is 0 Å². The number of unbranched alkanes of at least 4 members (excludes halogenated alkanes) is 17. The minimum absolute atomic E-state index is 0.0420. The predicted molar refractivity (Wildman–Crippen MR) is 245 cm³/mol. The number of carbonyl (C=O) groups is 2. The average molecular weight is 794 g/mol. The van der Waals surface area contributed by atoms with E-state index < -0.39 is 18.2 Å². The van der Waals surface area contributed by atoms with Gasteiger partial charge in [-0.1, -0.05) is 196 Å². The molecule has 3 N–H and O–H groups in total. The normalized spacial score (nSPS) is 14.1. The number of nitrogens with one attached hydrogen (secondary N) is 1. The van der Waals surface area contributed by atoms with E-state index in [-0.39, 0.29) is 24.9 Å². The Labute approximate surface area is 351 Å². The van der Waals surface area contributed by atoms with Crippen molar-refractivity contribution in [2.45, 2.75) is 219 Å². The van der Waals surface area contributed by atoms with E-state index in [4.69, 9.17) is 4.74 Å². The Kier molecular flexibility index (Phi) is 41.9. The maximum Gasteiger partial charge on any atom is 0.306 e. The smallest absolute Gasteiger partial charge is 0.306 e. The Morgan fingerprint density at radius 1 is 0.544 bits per heavy atom. The molecule has 0 aromatic rings. The lowest BCUT2D eigenvalue weighted by atomic mass is 10.0. The summed E-state index contributed by atoms with van der Waals surface area (Å²) in [6, 6.07) is -0.720. The van der Waals surface area contributed by atoms with Gasteiger partial charge in [0.25, 0.3) is 0 Å². The number of ether oxygens (including phenoxy) is 1. The second-order valence-electron chi connectivity index (χ2n) is 15.5. The van der Waals surface area contributed by atoms with E-state index in [1.165, 1.54) is 51.4 Å². The quantitative estimate of drug-likeness (QED) is 0.0248. The standard InChI is InChI=1S/C51H87NO5/c1-4-7-10-13-16-19-22-24-26-28-30-33-36-39-42-47(57-51(56)44-41-38-35-32-29-25-23-20-17-14-11-8-5-2)45-50(55)52-48(46-53)49(54)43-40-37-34-31-27-21-18-15-12-9-6-3/h7-8,10-11,14,16-17,19-20,23-26,29,47-49,53-54H,4-6,9,12-13,15,18,21-22,27-28,30-46H2,1-3H3,(H,52,55)/b10-7+,11-8+,17-14+,19-16+,23-20-,26-24+,29-25-. The summed E-state index contributed by atoms with van der Waals surface area (Å²) >= 11 is 0. The van der Waals surface area contributed by atoms with E-state index in [2.05, 4.69) is 80.8 Å². The van der Waals surface area contributed by atoms with Crippen molar-refractivity contribution in [1.82, 2.24) is 5.32 Å². The van der Waals surface area contributed by atoms with Crippen LogP contribution in [0.1, 0.15) is 201 Å². The molecule has 0 aliphatic carbocycles. The zero-order valence-electron chi connectivity index (χ0n) is 36.9. The fraction of sp³-hybridized carbons (Fsp3) is 0.686. The van der Waals surface area contributed by atoms with Crippen molar-refractivity contribution in [3.05, 3.63) is 85.1 Å². The summed E-state index contributed by atoms with van der Waals surface area (Å²) in [5.74, 6) is -0.551. The zero-order valence-corrected chi connectivity index (χ0v) is 36.9. The fourth-order valence-electron chi connectivity index (χ4n) is 6.57. The Morgan fingerprint density at radius 3 is 1.65 bits per heavy atom. The summed E-state index contributed by atoms with van der Waals surface area (Å²) in [5.41, 5.74) is 0. The minimum Gasteiger partial charge on any atom is -0.462 e. The van der Waals surface area contributed by atoms with E-state index in [0.717, 1.165) is 103 Å². The highest BCUT2D eigenvalue weighted by atomic mass is 16.5. The van der Waals surface area contributed by atoms with Gasteiger partial charge in [-0.05, 0) is 77.0 Å². The second kappa shape index (κ2) is 44.1. The third-order valence-corrected chi connectivity index (χ3v) is 10.1. The molecular formula is C51H87NO5. The third kappa shape index (κ3) is 39.6. The molecule has 0 rings (SSSR count). The largest absolute Gasteiger partial charge is 0.462 e. The average Bonchev–Trinajstić information content (AvgIpc) is 3.20. The number of esters is 1. The topological polar surface area (TPSA) is 95.9 Å². The van der Waals surface area contributed by atoms with Gasteiger partial charge < -0.3 is 20.3 Å². The lowest BCUT2D eigenvalue weighted by molar-refractivity contribution is -0.151. The summed E-state index contributed by atoms with van der Waals surface area (Å²) < 4.78 is 5.88. The molecule has 0 bridgehead atoms. The van der Waals surface area contributed by atoms with Gasteiger partial charge in [0.05, 0.1) is 25.2 Å². The van der Waals surface area contributed by atoms with E-state index >= 15 is 0 Å². The first-order valence-corrected chi connectivity index (χ1v) is 23.4. The van der Waals surface area contributed by atoms with Crippen molar-refractivity contribution in [1.29, 1.82) is 0 Å². The van der Waals surface area contributed by atoms with Gasteiger partial charge in [0.2, 0.25) is 5.91 Å². The number of amides is 1. The van der Waals surface area contributed by atoms with Crippen LogP contribution in [0.5, 0.6) is 0 Å². The molecule has 0 aliphatic rings. The van der Waals surface area contributed by atoms with Crippen LogP contribution < -0.4 is 5.32 Å². The molecule has 0 heterocycles. The van der Waals surface area contributed by atoms with E-state index in [9.17, 15) is 19.8 Å². The van der Waals surface area contributed by atoms with Crippen LogP contribution in [0.15, 0.2) is 85.1 Å². The van der Waals surface area contributed by atoms with E-state index in [1.54, 1.807) is 0 Å². The molecule has 0 radical (unpaired) electrons. The first kappa shape index (κ1) is 54.0. The monoisotopic (exact) mass is 794 g/mol. The minimum atomic E-state index is -0.804. The fourth-order valence-corrected chi connectivity index (χ4v) is 6.57. The Morgan fingerprint density at radius 2 is 1.04 bits per heavy atom. The lowest BCUT2D eigenvalue weighted by Crippen LogP contribution is -2.46. The van der Waals surface area contributed by atoms with Crippen molar-refractivity contribution in [2.75, 3.05) is 6.61 Å². The van der Waals surface area contributed by atoms with Gasteiger partial charge >= 0.3 is 5.97 Å². The van der Waals surface area contributed by atoms with Gasteiger partial charge in [0.15, 0.2) is 0 Å². The molecule has 0 saturated carbocycles. The molecule has 6 heteroatoms. The van der Waals surface area contributed by atoms with Gasteiger partial charge in [-0.25, -0.2) is 0 Å². The first-order valence-electron chi connectivity index (χ1n) is 23.4. The zero-order chi connectivity index (χ0) is 41.7. The number of carbonyl (C=O) groups excluding carboxylic acids is 2. The molecule has 0 aromatic heterocycles. The van der Waals surface area contributed by atoms with Crippen LogP contribution in [0.3, 0.4) is 0 Å². The Balaban J connectivity index is 4.73. The van der Waals surface area contributed by atoms with Crippen molar-refractivity contribution < 1.29 is 24.5 Å². The van der Waals surface area contributed by atoms with Crippen molar-refractivity contribution in [3.8, 4) is 0 Å². The van der Waals surface area contributed by atoms with Crippen molar-refractivity contribution >= 4 is 11.9 Å². The molecule has 57 heavy (non-hydrogen) atoms. The molecule has 3 unspecified atom stereocenters. The molecule has 0 aromatic carbocycles. The number of hydrogen-bond acceptors (Lipinski definition) is 5. The molecule has 3 atom stereocenters. The van der Waals surface area contributed by atoms with Crippen LogP contribution in [0.25, 0.3) is 0 Å². The lowest BCUT2D eigenvalue weighted by Gasteiger charge is -2.24. The molecular weight excluding hydrogens is 707 g/mol. The van der Waals surface area contributed by atoms with Gasteiger partial charge in [0, 0.05) is 6.42 Å². The number of aliphatic hydroxyl groups excluding tert-OH is 2. The van der Waals surface area contributed by atoms with Crippen LogP contribution in [0.4, 0.5) is 0 Å². The molecule has 326 valence electrons. The summed E-state index contributed by atoms with van der Waals surface area (Å²) in [5, 5.41) is 23.6. The molecule has 0 aliphatic heterocycles. The Bertz CT molecular complexity index is 1120. The summed E-state index contributed by atoms with van der Waals surface area (Å²) in [6.07, 6.45) is 56.4. The van der Waals surface area contributed by atoms with Crippen molar-refractivity contribution in [3.63, 3.8) is 0 Å². The van der Waals surface area contributed by atoms with Gasteiger partial charge in [-0.3, -0.25) is 9.59 Å². The summed E-state index contributed by atoms with van der Waals surface area (Å²) in [4.78, 5) is 26.0. The van der Waals surface area contributed by atoms with Crippen molar-refractivity contribution in [2.24, 2.45) is 0 Å². The highest BCUT2D eigenvalue weighted by Gasteiger charge is 2.24. The SMILES string of the molecule is CC/C=C/C=C/C=C\C=C/CCCCCC(=O)OC(CCCCCC/C=C/C/C=C/C/C=C/CC)CC(=O)NC(CO)C(O)CCCCCCCCCCCCC. The summed E-state index contributed by atoms with van der Waals surface area (Å²) in [6.45, 7) is 6.19. The highest BCUT2D eigenvalue weighted by Crippen LogP contribution is 2.17. The molecule has 0 fully saturated rings. The molecule has 0 spiro atoms. The molecule has 0 saturated heterocycles. The summed E-state index contributed by atoms with van der Waals surface area (Å²) in [7, 11) is 0. The van der Waals surface area contributed by atoms with Gasteiger partial charge in [-0.2, -0.15) is 0 Å². The van der Waals surface area contributed by atoms with Gasteiger partial charge in [-0.15, -0.1) is 0 Å². The highest BCUT2D eigenvalue weighted by molar-refractivity contribution is 5.77. The number of hydrogen-bond donors (Lipinski definition) is 3. The number of aliphatic hydroxyl groups is 2. The maximum absolute atomic E-state index is 13.1.